The number of nitrogens with zero attached hydrogens (tertiary/aromatic N) is 1. The van der Waals surface area contributed by atoms with Gasteiger partial charge in [0.2, 0.25) is 11.8 Å². The lowest BCUT2D eigenvalue weighted by Crippen LogP contribution is -2.28. The first-order valence-corrected chi connectivity index (χ1v) is 7.41. The van der Waals surface area contributed by atoms with Gasteiger partial charge in [0.05, 0.1) is 14.2 Å². The molecule has 0 bridgehead atoms. The molecule has 0 spiro atoms. The van der Waals surface area contributed by atoms with Crippen LogP contribution in [0.15, 0.2) is 23.2 Å². The highest BCUT2D eigenvalue weighted by molar-refractivity contribution is 8.15. The van der Waals surface area contributed by atoms with Crippen molar-refractivity contribution in [2.24, 2.45) is 4.99 Å². The summed E-state index contributed by atoms with van der Waals surface area (Å²) in [5, 5.41) is 5.43. The molecule has 1 aliphatic rings. The van der Waals surface area contributed by atoms with E-state index < -0.39 is 5.25 Å². The summed E-state index contributed by atoms with van der Waals surface area (Å²) in [6, 6.07) is 5.07. The number of benzene rings is 1. The molecule has 2 amide bonds. The van der Waals surface area contributed by atoms with E-state index in [0.717, 1.165) is 0 Å². The standard InChI is InChI=1S/C14H17N3O4S/c1-15-14-17-13(19)11(22-14)7-12(18)16-8-4-5-9(20-2)10(6-8)21-3/h4-6,11H,7H2,1-3H3,(H,16,18)(H,15,17,19)/t11-/m0/s1. The zero-order valence-electron chi connectivity index (χ0n) is 12.5. The molecular weight excluding hydrogens is 306 g/mol. The molecule has 1 aliphatic heterocycles. The van der Waals surface area contributed by atoms with Crippen LogP contribution in [0.4, 0.5) is 5.69 Å². The van der Waals surface area contributed by atoms with Gasteiger partial charge in [-0.2, -0.15) is 0 Å². The third kappa shape index (κ3) is 3.70. The number of ether oxygens (including phenoxy) is 2. The molecule has 1 fully saturated rings. The van der Waals surface area contributed by atoms with Crippen molar-refractivity contribution in [3.05, 3.63) is 18.2 Å². The van der Waals surface area contributed by atoms with Crippen LogP contribution in [-0.4, -0.2) is 43.5 Å². The van der Waals surface area contributed by atoms with E-state index in [0.29, 0.717) is 22.4 Å². The van der Waals surface area contributed by atoms with Gasteiger partial charge in [-0.1, -0.05) is 11.8 Å². The number of amides is 2. The van der Waals surface area contributed by atoms with Crippen LogP contribution in [0, 0.1) is 0 Å². The van der Waals surface area contributed by atoms with Crippen molar-refractivity contribution >= 4 is 34.4 Å². The van der Waals surface area contributed by atoms with Crippen molar-refractivity contribution in [3.63, 3.8) is 0 Å². The zero-order valence-corrected chi connectivity index (χ0v) is 13.3. The molecule has 8 heteroatoms. The van der Waals surface area contributed by atoms with E-state index in [-0.39, 0.29) is 18.2 Å². The molecule has 7 nitrogen and oxygen atoms in total. The SMILES string of the molecule is CN=C1NC(=O)[C@H](CC(=O)Nc2ccc(OC)c(OC)c2)S1. The highest BCUT2D eigenvalue weighted by atomic mass is 32.2. The van der Waals surface area contributed by atoms with Crippen LogP contribution in [0.1, 0.15) is 6.42 Å². The molecule has 0 aromatic heterocycles. The minimum atomic E-state index is -0.459. The lowest BCUT2D eigenvalue weighted by molar-refractivity contribution is -0.122. The molecule has 0 unspecified atom stereocenters. The molecule has 0 radical (unpaired) electrons. The van der Waals surface area contributed by atoms with Crippen LogP contribution in [0.3, 0.4) is 0 Å². The number of hydrogen-bond donors (Lipinski definition) is 2. The van der Waals surface area contributed by atoms with E-state index in [1.807, 2.05) is 0 Å². The van der Waals surface area contributed by atoms with Crippen molar-refractivity contribution in [2.75, 3.05) is 26.6 Å². The Morgan fingerprint density at radius 1 is 1.36 bits per heavy atom. The van der Waals surface area contributed by atoms with Gasteiger partial charge in [0.15, 0.2) is 16.7 Å². The Kier molecular flexibility index (Phi) is 5.26. The van der Waals surface area contributed by atoms with Gasteiger partial charge in [-0.15, -0.1) is 0 Å². The van der Waals surface area contributed by atoms with Gasteiger partial charge in [0.1, 0.15) is 5.25 Å². The number of carbonyl (C=O) groups excluding carboxylic acids is 2. The van der Waals surface area contributed by atoms with Crippen molar-refractivity contribution < 1.29 is 19.1 Å². The molecule has 2 rings (SSSR count). The summed E-state index contributed by atoms with van der Waals surface area (Å²) in [6.45, 7) is 0. The Morgan fingerprint density at radius 3 is 2.68 bits per heavy atom. The Balaban J connectivity index is 1.99. The minimum Gasteiger partial charge on any atom is -0.493 e. The summed E-state index contributed by atoms with van der Waals surface area (Å²) in [7, 11) is 4.65. The average Bonchev–Trinajstić information content (AvgIpc) is 2.87. The second-order valence-electron chi connectivity index (χ2n) is 4.45. The lowest BCUT2D eigenvalue weighted by atomic mass is 10.2. The first-order chi connectivity index (χ1) is 10.6. The van der Waals surface area contributed by atoms with Crippen molar-refractivity contribution in [1.29, 1.82) is 0 Å². The molecule has 0 aliphatic carbocycles. The second-order valence-corrected chi connectivity index (χ2v) is 5.64. The van der Waals surface area contributed by atoms with Crippen LogP contribution in [-0.2, 0) is 9.59 Å². The van der Waals surface area contributed by atoms with E-state index in [1.165, 1.54) is 18.9 Å². The van der Waals surface area contributed by atoms with Crippen LogP contribution >= 0.6 is 11.8 Å². The Morgan fingerprint density at radius 2 is 2.09 bits per heavy atom. The summed E-state index contributed by atoms with van der Waals surface area (Å²) >= 11 is 1.26. The monoisotopic (exact) mass is 323 g/mol. The van der Waals surface area contributed by atoms with Crippen molar-refractivity contribution in [3.8, 4) is 11.5 Å². The summed E-state index contributed by atoms with van der Waals surface area (Å²) in [5.74, 6) is 0.647. The number of anilines is 1. The first-order valence-electron chi connectivity index (χ1n) is 6.53. The maximum absolute atomic E-state index is 12.0. The zero-order chi connectivity index (χ0) is 16.1. The number of amidine groups is 1. The van der Waals surface area contributed by atoms with Gasteiger partial charge in [-0.3, -0.25) is 14.6 Å². The van der Waals surface area contributed by atoms with Gasteiger partial charge < -0.3 is 20.1 Å². The summed E-state index contributed by atoms with van der Waals surface area (Å²) in [6.07, 6.45) is 0.0733. The highest BCUT2D eigenvalue weighted by Gasteiger charge is 2.31. The molecule has 2 N–H and O–H groups in total. The molecule has 1 atom stereocenters. The van der Waals surface area contributed by atoms with Crippen LogP contribution < -0.4 is 20.1 Å². The fourth-order valence-corrected chi connectivity index (χ4v) is 2.88. The number of carbonyl (C=O) groups is 2. The molecule has 1 aromatic rings. The highest BCUT2D eigenvalue weighted by Crippen LogP contribution is 2.30. The molecular formula is C14H17N3O4S. The fraction of sp³-hybridized carbons (Fsp3) is 0.357. The Hall–Kier alpha value is -2.22. The maximum Gasteiger partial charge on any atom is 0.240 e. The van der Waals surface area contributed by atoms with Gasteiger partial charge in [0.25, 0.3) is 0 Å². The van der Waals surface area contributed by atoms with Gasteiger partial charge in [-0.05, 0) is 12.1 Å². The van der Waals surface area contributed by atoms with E-state index >= 15 is 0 Å². The summed E-state index contributed by atoms with van der Waals surface area (Å²) < 4.78 is 10.3. The number of methoxy groups -OCH3 is 2. The molecule has 0 saturated carbocycles. The largest absolute Gasteiger partial charge is 0.493 e. The lowest BCUT2D eigenvalue weighted by Gasteiger charge is -2.11. The Labute approximate surface area is 132 Å². The molecule has 1 saturated heterocycles. The van der Waals surface area contributed by atoms with Gasteiger partial charge in [0, 0.05) is 25.2 Å². The second kappa shape index (κ2) is 7.17. The normalized spacial score (nSPS) is 19.0. The number of thioether (sulfide) groups is 1. The summed E-state index contributed by atoms with van der Waals surface area (Å²) in [4.78, 5) is 27.6. The maximum atomic E-state index is 12.0. The first kappa shape index (κ1) is 16.2. The van der Waals surface area contributed by atoms with E-state index in [2.05, 4.69) is 15.6 Å². The predicted octanol–water partition coefficient (Wildman–Crippen LogP) is 1.25. The van der Waals surface area contributed by atoms with E-state index in [4.69, 9.17) is 9.47 Å². The fourth-order valence-electron chi connectivity index (χ4n) is 1.94. The third-order valence-corrected chi connectivity index (χ3v) is 4.19. The predicted molar refractivity (Wildman–Crippen MR) is 85.7 cm³/mol. The van der Waals surface area contributed by atoms with Gasteiger partial charge >= 0.3 is 0 Å². The average molecular weight is 323 g/mol. The van der Waals surface area contributed by atoms with Crippen molar-refractivity contribution in [1.82, 2.24) is 5.32 Å². The summed E-state index contributed by atoms with van der Waals surface area (Å²) in [5.41, 5.74) is 0.579. The third-order valence-electron chi connectivity index (χ3n) is 3.02. The molecule has 1 heterocycles. The van der Waals surface area contributed by atoms with Gasteiger partial charge in [-0.25, -0.2) is 0 Å². The number of nitrogens with one attached hydrogen (secondary N) is 2. The Bertz CT molecular complexity index is 618. The van der Waals surface area contributed by atoms with E-state index in [9.17, 15) is 9.59 Å². The topological polar surface area (TPSA) is 89.0 Å². The molecule has 22 heavy (non-hydrogen) atoms. The minimum absolute atomic E-state index is 0.0733. The van der Waals surface area contributed by atoms with Crippen LogP contribution in [0.2, 0.25) is 0 Å². The number of rotatable bonds is 5. The van der Waals surface area contributed by atoms with Crippen molar-refractivity contribution in [2.45, 2.75) is 11.7 Å². The smallest absolute Gasteiger partial charge is 0.240 e. The van der Waals surface area contributed by atoms with Crippen LogP contribution in [0.5, 0.6) is 11.5 Å². The van der Waals surface area contributed by atoms with E-state index in [1.54, 1.807) is 32.4 Å². The molecule has 118 valence electrons. The number of aliphatic imine (C=N–C) groups is 1. The quantitative estimate of drug-likeness (QED) is 0.851. The van der Waals surface area contributed by atoms with Crippen LogP contribution in [0.25, 0.3) is 0 Å². The molecule has 1 aromatic carbocycles. The number of hydrogen-bond acceptors (Lipinski definition) is 6.